The summed E-state index contributed by atoms with van der Waals surface area (Å²) in [5.74, 6) is -1.00. The fraction of sp³-hybridized carbons (Fsp3) is 0.357. The third-order valence-electron chi connectivity index (χ3n) is 6.57. The lowest BCUT2D eigenvalue weighted by Gasteiger charge is -2.32. The molecule has 1 atom stereocenters. The van der Waals surface area contributed by atoms with Gasteiger partial charge in [-0.05, 0) is 86.1 Å². The number of nitrogens with two attached hydrogens (primary N) is 2. The van der Waals surface area contributed by atoms with E-state index in [2.05, 4.69) is 9.69 Å². The second kappa shape index (κ2) is 11.6. The Labute approximate surface area is 226 Å². The summed E-state index contributed by atoms with van der Waals surface area (Å²) in [6.07, 6.45) is 3.88. The van der Waals surface area contributed by atoms with Gasteiger partial charge in [0.2, 0.25) is 5.91 Å². The Bertz CT molecular complexity index is 1310. The number of hydrogen-bond donors (Lipinski definition) is 3. The second-order valence-electron chi connectivity index (χ2n) is 9.55. The quantitative estimate of drug-likeness (QED) is 0.373. The Morgan fingerprint density at radius 1 is 1.11 bits per heavy atom. The van der Waals surface area contributed by atoms with E-state index in [-0.39, 0.29) is 28.2 Å². The van der Waals surface area contributed by atoms with Crippen molar-refractivity contribution in [2.24, 2.45) is 5.73 Å². The molecule has 3 amide bonds. The van der Waals surface area contributed by atoms with E-state index in [1.807, 2.05) is 39.0 Å². The summed E-state index contributed by atoms with van der Waals surface area (Å²) in [6, 6.07) is 11.9. The van der Waals surface area contributed by atoms with Gasteiger partial charge in [-0.15, -0.1) is 0 Å². The van der Waals surface area contributed by atoms with Crippen molar-refractivity contribution in [1.29, 1.82) is 0 Å². The average Bonchev–Trinajstić information content (AvgIpc) is 3.51. The van der Waals surface area contributed by atoms with Crippen LogP contribution < -0.4 is 26.4 Å². The minimum Gasteiger partial charge on any atom is -0.494 e. The zero-order valence-electron chi connectivity index (χ0n) is 21.8. The summed E-state index contributed by atoms with van der Waals surface area (Å²) >= 11 is 0.792. The largest absolute Gasteiger partial charge is 0.494 e. The molecule has 1 aliphatic carbocycles. The number of nitrogens with zero attached hydrogens (tertiary/aromatic N) is 2. The highest BCUT2D eigenvalue weighted by Crippen LogP contribution is 2.35. The lowest BCUT2D eigenvalue weighted by molar-refractivity contribution is -0.123. The van der Waals surface area contributed by atoms with Crippen molar-refractivity contribution in [3.8, 4) is 5.75 Å². The van der Waals surface area contributed by atoms with E-state index in [4.69, 9.17) is 16.2 Å². The molecule has 0 spiro atoms. The lowest BCUT2D eigenvalue weighted by atomic mass is 10.0. The first kappa shape index (κ1) is 27.1. The highest BCUT2D eigenvalue weighted by molar-refractivity contribution is 7.09. The molecule has 1 unspecified atom stereocenters. The maximum Gasteiger partial charge on any atom is 0.273 e. The fourth-order valence-electron chi connectivity index (χ4n) is 4.89. The Balaban J connectivity index is 1.87. The molecule has 3 aromatic rings. The topological polar surface area (TPSA) is 141 Å². The summed E-state index contributed by atoms with van der Waals surface area (Å²) in [4.78, 5) is 41.5. The number of hydrogen-bond acceptors (Lipinski definition) is 7. The summed E-state index contributed by atoms with van der Waals surface area (Å²) in [5.41, 5.74) is 14.3. The van der Waals surface area contributed by atoms with E-state index in [9.17, 15) is 14.4 Å². The summed E-state index contributed by atoms with van der Waals surface area (Å²) < 4.78 is 9.61. The van der Waals surface area contributed by atoms with E-state index in [1.165, 1.54) is 4.90 Å². The Hall–Kier alpha value is -3.92. The maximum atomic E-state index is 14.2. The minimum absolute atomic E-state index is 0.0406. The van der Waals surface area contributed by atoms with Crippen LogP contribution in [0, 0.1) is 13.8 Å². The Morgan fingerprint density at radius 2 is 1.74 bits per heavy atom. The molecule has 0 radical (unpaired) electrons. The molecule has 0 aliphatic heterocycles. The van der Waals surface area contributed by atoms with E-state index in [0.717, 1.165) is 48.3 Å². The van der Waals surface area contributed by atoms with Crippen molar-refractivity contribution in [1.82, 2.24) is 9.69 Å². The number of nitrogen functional groups attached to an aromatic ring is 1. The fourth-order valence-corrected chi connectivity index (χ4v) is 5.64. The molecule has 0 bridgehead atoms. The number of anilines is 2. The van der Waals surface area contributed by atoms with E-state index < -0.39 is 17.9 Å². The lowest BCUT2D eigenvalue weighted by Crippen LogP contribution is -2.46. The number of aryl methyl sites for hydroxylation is 2. The molecule has 5 N–H and O–H groups in total. The molecule has 1 heterocycles. The number of ether oxygens (including phenoxy) is 1. The normalized spacial score (nSPS) is 14.2. The number of amides is 3. The number of benzene rings is 2. The first-order chi connectivity index (χ1) is 18.2. The monoisotopic (exact) mass is 535 g/mol. The average molecular weight is 536 g/mol. The minimum atomic E-state index is -1.02. The predicted octanol–water partition coefficient (Wildman–Crippen LogP) is 4.29. The van der Waals surface area contributed by atoms with Crippen molar-refractivity contribution < 1.29 is 19.1 Å². The first-order valence-electron chi connectivity index (χ1n) is 12.7. The number of carbonyl (C=O) groups excluding carboxylic acids is 3. The van der Waals surface area contributed by atoms with Gasteiger partial charge in [-0.3, -0.25) is 19.3 Å². The number of carbonyl (C=O) groups is 3. The molecule has 200 valence electrons. The molecule has 10 heteroatoms. The number of aromatic nitrogens is 1. The summed E-state index contributed by atoms with van der Waals surface area (Å²) in [7, 11) is 0. The van der Waals surface area contributed by atoms with E-state index in [1.54, 1.807) is 24.3 Å². The van der Waals surface area contributed by atoms with Crippen molar-refractivity contribution in [2.75, 3.05) is 17.2 Å². The SMILES string of the molecule is CCOc1ccc(C(C(=O)NC2CCCC2)N(C(=O)c2snc(C(N)=O)c2N)c2cc(C)cc(C)c2)cc1. The molecule has 38 heavy (non-hydrogen) atoms. The molecule has 1 aliphatic rings. The van der Waals surface area contributed by atoms with Crippen LogP contribution in [0.2, 0.25) is 0 Å². The van der Waals surface area contributed by atoms with Crippen LogP contribution in [0.25, 0.3) is 0 Å². The Kier molecular flexibility index (Phi) is 8.31. The van der Waals surface area contributed by atoms with Crippen LogP contribution in [0.1, 0.15) is 75.5 Å². The van der Waals surface area contributed by atoms with Crippen molar-refractivity contribution in [3.63, 3.8) is 0 Å². The van der Waals surface area contributed by atoms with Gasteiger partial charge in [0.25, 0.3) is 11.8 Å². The van der Waals surface area contributed by atoms with E-state index in [0.29, 0.717) is 23.6 Å². The van der Waals surface area contributed by atoms with Crippen LogP contribution in [-0.4, -0.2) is 34.7 Å². The van der Waals surface area contributed by atoms with Gasteiger partial charge in [-0.1, -0.05) is 31.0 Å². The molecule has 4 rings (SSSR count). The standard InChI is InChI=1S/C28H33N5O4S/c1-4-37-21-11-9-18(10-12-21)24(27(35)31-19-7-5-6-8-19)33(20-14-16(2)13-17(3)15-20)28(36)25-22(29)23(26(30)34)32-38-25/h9-15,19,24H,4-8,29H2,1-3H3,(H2,30,34)(H,31,35). The van der Waals surface area contributed by atoms with Crippen LogP contribution in [-0.2, 0) is 4.79 Å². The second-order valence-corrected chi connectivity index (χ2v) is 10.3. The van der Waals surface area contributed by atoms with Crippen LogP contribution in [0.5, 0.6) is 5.75 Å². The van der Waals surface area contributed by atoms with Crippen molar-refractivity contribution in [2.45, 2.75) is 58.5 Å². The molecular formula is C28H33N5O4S. The number of nitrogens with one attached hydrogen (secondary N) is 1. The van der Waals surface area contributed by atoms with Gasteiger partial charge < -0.3 is 21.5 Å². The smallest absolute Gasteiger partial charge is 0.273 e. The molecule has 2 aromatic carbocycles. The van der Waals surface area contributed by atoms with Crippen molar-refractivity contribution in [3.05, 3.63) is 69.7 Å². The number of rotatable bonds is 9. The molecule has 1 aromatic heterocycles. The maximum absolute atomic E-state index is 14.2. The molecule has 1 saturated carbocycles. The van der Waals surface area contributed by atoms with Gasteiger partial charge in [0.15, 0.2) is 5.69 Å². The summed E-state index contributed by atoms with van der Waals surface area (Å²) in [6.45, 7) is 6.25. The first-order valence-corrected chi connectivity index (χ1v) is 13.5. The molecular weight excluding hydrogens is 502 g/mol. The molecule has 0 saturated heterocycles. The van der Waals surface area contributed by atoms with Crippen LogP contribution in [0.3, 0.4) is 0 Å². The van der Waals surface area contributed by atoms with Gasteiger partial charge in [-0.2, -0.15) is 4.37 Å². The van der Waals surface area contributed by atoms with Crippen LogP contribution in [0.15, 0.2) is 42.5 Å². The van der Waals surface area contributed by atoms with Crippen LogP contribution in [0.4, 0.5) is 11.4 Å². The highest BCUT2D eigenvalue weighted by Gasteiger charge is 2.37. The predicted molar refractivity (Wildman–Crippen MR) is 149 cm³/mol. The Morgan fingerprint density at radius 3 is 2.29 bits per heavy atom. The third-order valence-corrected chi connectivity index (χ3v) is 7.42. The highest BCUT2D eigenvalue weighted by atomic mass is 32.1. The van der Waals surface area contributed by atoms with Crippen molar-refractivity contribution >= 4 is 40.6 Å². The van der Waals surface area contributed by atoms with Gasteiger partial charge in [0.1, 0.15) is 16.7 Å². The zero-order chi connectivity index (χ0) is 27.4. The van der Waals surface area contributed by atoms with Gasteiger partial charge in [-0.25, -0.2) is 0 Å². The number of primary amides is 1. The van der Waals surface area contributed by atoms with E-state index >= 15 is 0 Å². The molecule has 9 nitrogen and oxygen atoms in total. The van der Waals surface area contributed by atoms with Gasteiger partial charge in [0, 0.05) is 11.7 Å². The van der Waals surface area contributed by atoms with Gasteiger partial charge >= 0.3 is 0 Å². The third kappa shape index (κ3) is 5.80. The van der Waals surface area contributed by atoms with Gasteiger partial charge in [0.05, 0.1) is 12.3 Å². The molecule has 1 fully saturated rings. The zero-order valence-corrected chi connectivity index (χ0v) is 22.6. The summed E-state index contributed by atoms with van der Waals surface area (Å²) in [5, 5.41) is 3.16. The van der Waals surface area contributed by atoms with Crippen LogP contribution >= 0.6 is 11.5 Å².